The van der Waals surface area contributed by atoms with E-state index in [1.165, 1.54) is 5.56 Å². The number of carbonyl (C=O) groups is 2. The summed E-state index contributed by atoms with van der Waals surface area (Å²) in [5, 5.41) is 2.71. The van der Waals surface area contributed by atoms with Crippen LogP contribution in [0.25, 0.3) is 0 Å². The van der Waals surface area contributed by atoms with Crippen LogP contribution in [0, 0.1) is 0 Å². The molecular formula is C20H31N3O3. The van der Waals surface area contributed by atoms with Crippen LogP contribution in [0.2, 0.25) is 0 Å². The van der Waals surface area contributed by atoms with Gasteiger partial charge in [-0.1, -0.05) is 30.3 Å². The van der Waals surface area contributed by atoms with Gasteiger partial charge in [0.2, 0.25) is 5.91 Å². The Morgan fingerprint density at radius 1 is 1.19 bits per heavy atom. The van der Waals surface area contributed by atoms with Gasteiger partial charge in [0.1, 0.15) is 5.60 Å². The Kier molecular flexibility index (Phi) is 7.03. The first-order valence-electron chi connectivity index (χ1n) is 9.26. The second-order valence-corrected chi connectivity index (χ2v) is 7.81. The third-order valence-corrected chi connectivity index (χ3v) is 4.32. The van der Waals surface area contributed by atoms with Gasteiger partial charge in [-0.2, -0.15) is 0 Å². The first kappa shape index (κ1) is 20.2. The lowest BCUT2D eigenvalue weighted by Gasteiger charge is -2.40. The number of piperazine rings is 1. The number of carbonyl (C=O) groups excluding carboxylic acids is 2. The Balaban J connectivity index is 1.84. The van der Waals surface area contributed by atoms with Crippen LogP contribution in [0.4, 0.5) is 4.79 Å². The summed E-state index contributed by atoms with van der Waals surface area (Å²) in [6.45, 7) is 8.36. The highest BCUT2D eigenvalue weighted by Gasteiger charge is 2.29. The molecule has 1 heterocycles. The van der Waals surface area contributed by atoms with Gasteiger partial charge in [-0.25, -0.2) is 4.79 Å². The van der Waals surface area contributed by atoms with E-state index in [4.69, 9.17) is 4.74 Å². The Hall–Kier alpha value is -2.08. The molecule has 6 heteroatoms. The monoisotopic (exact) mass is 361 g/mol. The largest absolute Gasteiger partial charge is 0.444 e. The fourth-order valence-electron chi connectivity index (χ4n) is 3.07. The van der Waals surface area contributed by atoms with Crippen LogP contribution in [0.3, 0.4) is 0 Å². The molecule has 1 saturated heterocycles. The van der Waals surface area contributed by atoms with Crippen LogP contribution in [-0.4, -0.2) is 60.6 Å². The highest BCUT2D eigenvalue weighted by Crippen LogP contribution is 2.25. The third kappa shape index (κ3) is 6.33. The van der Waals surface area contributed by atoms with Gasteiger partial charge < -0.3 is 19.9 Å². The predicted molar refractivity (Wildman–Crippen MR) is 102 cm³/mol. The van der Waals surface area contributed by atoms with E-state index in [2.05, 4.69) is 29.4 Å². The van der Waals surface area contributed by atoms with E-state index in [-0.39, 0.29) is 11.9 Å². The van der Waals surface area contributed by atoms with Gasteiger partial charge in [0.15, 0.2) is 0 Å². The van der Waals surface area contributed by atoms with Crippen molar-refractivity contribution >= 4 is 12.0 Å². The molecule has 1 atom stereocenters. The normalized spacial score (nSPS) is 18.5. The van der Waals surface area contributed by atoms with Gasteiger partial charge >= 0.3 is 6.09 Å². The lowest BCUT2D eigenvalue weighted by molar-refractivity contribution is -0.136. The van der Waals surface area contributed by atoms with Gasteiger partial charge in [-0.05, 0) is 39.8 Å². The minimum absolute atomic E-state index is 0.0845. The molecule has 2 rings (SSSR count). The van der Waals surface area contributed by atoms with E-state index in [9.17, 15) is 9.59 Å². The summed E-state index contributed by atoms with van der Waals surface area (Å²) in [7, 11) is 2.09. The van der Waals surface area contributed by atoms with Crippen molar-refractivity contribution < 1.29 is 14.3 Å². The van der Waals surface area contributed by atoms with E-state index < -0.39 is 11.7 Å². The van der Waals surface area contributed by atoms with Crippen molar-refractivity contribution in [3.8, 4) is 0 Å². The van der Waals surface area contributed by atoms with Gasteiger partial charge in [-0.3, -0.25) is 4.79 Å². The Labute approximate surface area is 156 Å². The summed E-state index contributed by atoms with van der Waals surface area (Å²) in [6, 6.07) is 10.3. The van der Waals surface area contributed by atoms with E-state index in [1.807, 2.05) is 43.9 Å². The Morgan fingerprint density at radius 3 is 2.54 bits per heavy atom. The summed E-state index contributed by atoms with van der Waals surface area (Å²) in [4.78, 5) is 28.6. The molecule has 0 aliphatic carbocycles. The number of rotatable bonds is 5. The zero-order valence-corrected chi connectivity index (χ0v) is 16.3. The minimum Gasteiger partial charge on any atom is -0.444 e. The maximum atomic E-state index is 12.7. The molecule has 0 bridgehead atoms. The van der Waals surface area contributed by atoms with Crippen molar-refractivity contribution in [2.75, 3.05) is 33.2 Å². The molecule has 1 aliphatic rings. The molecule has 26 heavy (non-hydrogen) atoms. The second-order valence-electron chi connectivity index (χ2n) is 7.81. The van der Waals surface area contributed by atoms with Crippen molar-refractivity contribution in [3.63, 3.8) is 0 Å². The SMILES string of the molecule is CN1CCN(C(=O)CCCNC(=O)OC(C)(C)C)C(c2ccccc2)C1. The van der Waals surface area contributed by atoms with Gasteiger partial charge in [0.05, 0.1) is 6.04 Å². The van der Waals surface area contributed by atoms with Crippen LogP contribution >= 0.6 is 0 Å². The van der Waals surface area contributed by atoms with Crippen LogP contribution in [0.1, 0.15) is 45.2 Å². The molecule has 1 aliphatic heterocycles. The number of amides is 2. The zero-order chi connectivity index (χ0) is 19.2. The first-order chi connectivity index (χ1) is 12.3. The number of nitrogens with zero attached hydrogens (tertiary/aromatic N) is 2. The fourth-order valence-corrected chi connectivity index (χ4v) is 3.07. The maximum Gasteiger partial charge on any atom is 0.407 e. The smallest absolute Gasteiger partial charge is 0.407 e. The molecule has 0 aromatic heterocycles. The number of benzene rings is 1. The molecule has 1 unspecified atom stereocenters. The number of hydrogen-bond acceptors (Lipinski definition) is 4. The average Bonchev–Trinajstić information content (AvgIpc) is 2.57. The minimum atomic E-state index is -0.511. The average molecular weight is 361 g/mol. The van der Waals surface area contributed by atoms with E-state index >= 15 is 0 Å². The number of ether oxygens (including phenoxy) is 1. The molecule has 144 valence electrons. The second kappa shape index (κ2) is 9.03. The van der Waals surface area contributed by atoms with Crippen LogP contribution in [0.5, 0.6) is 0 Å². The quantitative estimate of drug-likeness (QED) is 0.819. The van der Waals surface area contributed by atoms with E-state index in [0.717, 1.165) is 19.6 Å². The lowest BCUT2D eigenvalue weighted by Crippen LogP contribution is -2.49. The summed E-state index contributed by atoms with van der Waals surface area (Å²) in [6.07, 6.45) is 0.584. The molecule has 0 saturated carbocycles. The molecule has 1 N–H and O–H groups in total. The summed E-state index contributed by atoms with van der Waals surface area (Å²) in [5.74, 6) is 0.137. The van der Waals surface area contributed by atoms with Crippen LogP contribution in [-0.2, 0) is 9.53 Å². The van der Waals surface area contributed by atoms with Crippen molar-refractivity contribution in [3.05, 3.63) is 35.9 Å². The predicted octanol–water partition coefficient (Wildman–Crippen LogP) is 2.81. The van der Waals surface area contributed by atoms with Crippen molar-refractivity contribution in [2.24, 2.45) is 0 Å². The van der Waals surface area contributed by atoms with Crippen LogP contribution in [0.15, 0.2) is 30.3 Å². The third-order valence-electron chi connectivity index (χ3n) is 4.32. The van der Waals surface area contributed by atoms with Gasteiger partial charge in [-0.15, -0.1) is 0 Å². The molecule has 0 radical (unpaired) electrons. The van der Waals surface area contributed by atoms with Crippen molar-refractivity contribution in [2.45, 2.75) is 45.3 Å². The molecule has 2 amide bonds. The lowest BCUT2D eigenvalue weighted by atomic mass is 10.0. The summed E-state index contributed by atoms with van der Waals surface area (Å²) < 4.78 is 5.20. The number of hydrogen-bond donors (Lipinski definition) is 1. The molecule has 1 fully saturated rings. The van der Waals surface area contributed by atoms with Crippen LogP contribution < -0.4 is 5.32 Å². The topological polar surface area (TPSA) is 61.9 Å². The fraction of sp³-hybridized carbons (Fsp3) is 0.600. The zero-order valence-electron chi connectivity index (χ0n) is 16.3. The van der Waals surface area contributed by atoms with Crippen molar-refractivity contribution in [1.82, 2.24) is 15.1 Å². The Bertz CT molecular complexity index is 598. The van der Waals surface area contributed by atoms with Gasteiger partial charge in [0, 0.05) is 32.6 Å². The summed E-state index contributed by atoms with van der Waals surface area (Å²) in [5.41, 5.74) is 0.655. The molecule has 1 aromatic carbocycles. The molecule has 1 aromatic rings. The summed E-state index contributed by atoms with van der Waals surface area (Å²) >= 11 is 0. The number of nitrogens with one attached hydrogen (secondary N) is 1. The highest BCUT2D eigenvalue weighted by molar-refractivity contribution is 5.77. The number of alkyl carbamates (subject to hydrolysis) is 1. The standard InChI is InChI=1S/C20H31N3O3/c1-20(2,3)26-19(25)21-12-8-11-18(24)23-14-13-22(4)15-17(23)16-9-6-5-7-10-16/h5-7,9-10,17H,8,11-15H2,1-4H3,(H,21,25). The van der Waals surface area contributed by atoms with Crippen molar-refractivity contribution in [1.29, 1.82) is 0 Å². The molecular weight excluding hydrogens is 330 g/mol. The number of likely N-dealkylation sites (N-methyl/N-ethyl adjacent to an activating group) is 1. The molecule has 0 spiro atoms. The Morgan fingerprint density at radius 2 is 1.88 bits per heavy atom. The van der Waals surface area contributed by atoms with E-state index in [1.54, 1.807) is 0 Å². The maximum absolute atomic E-state index is 12.7. The van der Waals surface area contributed by atoms with Gasteiger partial charge in [0.25, 0.3) is 0 Å². The highest BCUT2D eigenvalue weighted by atomic mass is 16.6. The van der Waals surface area contributed by atoms with E-state index in [0.29, 0.717) is 19.4 Å². The molecule has 6 nitrogen and oxygen atoms in total. The first-order valence-corrected chi connectivity index (χ1v) is 9.26.